The lowest BCUT2D eigenvalue weighted by Crippen LogP contribution is -2.22. The van der Waals surface area contributed by atoms with Crippen LogP contribution in [0.25, 0.3) is 11.1 Å². The van der Waals surface area contributed by atoms with Crippen LogP contribution in [0.1, 0.15) is 29.5 Å². The van der Waals surface area contributed by atoms with Gasteiger partial charge in [0.2, 0.25) is 5.91 Å². The predicted octanol–water partition coefficient (Wildman–Crippen LogP) is 2.41. The molecule has 9 nitrogen and oxygen atoms in total. The van der Waals surface area contributed by atoms with E-state index >= 15 is 0 Å². The Bertz CT molecular complexity index is 1300. The average Bonchev–Trinajstić information content (AvgIpc) is 3.51. The Balaban J connectivity index is 1.84. The molecule has 2 aromatic carbocycles. The van der Waals surface area contributed by atoms with E-state index in [4.69, 9.17) is 10.5 Å². The van der Waals surface area contributed by atoms with Crippen LogP contribution in [0.3, 0.4) is 0 Å². The number of nitrogens with zero attached hydrogens (tertiary/aromatic N) is 4. The van der Waals surface area contributed by atoms with Gasteiger partial charge in [-0.1, -0.05) is 42.5 Å². The van der Waals surface area contributed by atoms with E-state index < -0.39 is 21.8 Å². The lowest BCUT2D eigenvalue weighted by molar-refractivity contribution is -0.118. The molecule has 10 heteroatoms. The second kappa shape index (κ2) is 9.78. The molecule has 1 aliphatic rings. The zero-order valence-electron chi connectivity index (χ0n) is 19.0. The van der Waals surface area contributed by atoms with Gasteiger partial charge in [0.05, 0.1) is 29.7 Å². The number of aromatic nitrogens is 2. The SMILES string of the molecule is CN(C)C=NS(=O)(=O)c1cc(C(C(N)=O)c2ccccc2)ccc1-c1cnn(C2CCOC2)c1. The summed E-state index contributed by atoms with van der Waals surface area (Å²) in [5.41, 5.74) is 7.96. The lowest BCUT2D eigenvalue weighted by Gasteiger charge is -2.17. The number of sulfonamides is 1. The average molecular weight is 482 g/mol. The van der Waals surface area contributed by atoms with Crippen LogP contribution in [0.15, 0.2) is 70.2 Å². The fraction of sp³-hybridized carbons (Fsp3) is 0.292. The van der Waals surface area contributed by atoms with Crippen molar-refractivity contribution in [2.24, 2.45) is 10.1 Å². The van der Waals surface area contributed by atoms with Crippen LogP contribution in [0.4, 0.5) is 0 Å². The monoisotopic (exact) mass is 481 g/mol. The molecular formula is C24H27N5O4S. The van der Waals surface area contributed by atoms with E-state index in [0.717, 1.165) is 6.42 Å². The summed E-state index contributed by atoms with van der Waals surface area (Å²) in [6.45, 7) is 1.23. The number of ether oxygens (including phenoxy) is 1. The van der Waals surface area contributed by atoms with Crippen molar-refractivity contribution in [3.63, 3.8) is 0 Å². The molecule has 2 unspecified atom stereocenters. The molecule has 0 aliphatic carbocycles. The lowest BCUT2D eigenvalue weighted by atomic mass is 9.90. The Morgan fingerprint density at radius 1 is 1.24 bits per heavy atom. The van der Waals surface area contributed by atoms with E-state index in [2.05, 4.69) is 9.50 Å². The molecule has 1 aromatic heterocycles. The maximum Gasteiger partial charge on any atom is 0.284 e. The fourth-order valence-corrected chi connectivity index (χ4v) is 5.13. The van der Waals surface area contributed by atoms with Crippen molar-refractivity contribution in [3.05, 3.63) is 72.1 Å². The third-order valence-electron chi connectivity index (χ3n) is 5.64. The Morgan fingerprint density at radius 2 is 2.00 bits per heavy atom. The van der Waals surface area contributed by atoms with Crippen LogP contribution in [0.5, 0.6) is 0 Å². The highest BCUT2D eigenvalue weighted by Crippen LogP contribution is 2.34. The van der Waals surface area contributed by atoms with Crippen LogP contribution >= 0.6 is 0 Å². The molecule has 1 amide bonds. The van der Waals surface area contributed by atoms with Gasteiger partial charge in [0, 0.05) is 38.0 Å². The minimum Gasteiger partial charge on any atom is -0.379 e. The minimum absolute atomic E-state index is 0.0208. The number of hydrogen-bond donors (Lipinski definition) is 1. The molecule has 0 spiro atoms. The number of carbonyl (C=O) groups excluding carboxylic acids is 1. The van der Waals surface area contributed by atoms with E-state index in [1.165, 1.54) is 17.3 Å². The third kappa shape index (κ3) is 5.02. The summed E-state index contributed by atoms with van der Waals surface area (Å²) in [5.74, 6) is -1.38. The second-order valence-electron chi connectivity index (χ2n) is 8.39. The molecule has 34 heavy (non-hydrogen) atoms. The third-order valence-corrected chi connectivity index (χ3v) is 6.91. The van der Waals surface area contributed by atoms with Crippen molar-refractivity contribution in [3.8, 4) is 11.1 Å². The van der Waals surface area contributed by atoms with Crippen molar-refractivity contribution in [2.45, 2.75) is 23.3 Å². The minimum atomic E-state index is -4.09. The molecule has 1 aliphatic heterocycles. The highest BCUT2D eigenvalue weighted by atomic mass is 32.2. The number of benzene rings is 2. The van der Waals surface area contributed by atoms with Gasteiger partial charge in [-0.2, -0.15) is 13.5 Å². The molecule has 4 rings (SSSR count). The molecule has 2 heterocycles. The first-order valence-electron chi connectivity index (χ1n) is 10.8. The molecule has 0 bridgehead atoms. The summed E-state index contributed by atoms with van der Waals surface area (Å²) in [5, 5.41) is 4.43. The van der Waals surface area contributed by atoms with E-state index in [1.807, 2.05) is 12.3 Å². The van der Waals surface area contributed by atoms with Crippen LogP contribution in [-0.4, -0.2) is 62.7 Å². The predicted molar refractivity (Wildman–Crippen MR) is 129 cm³/mol. The molecule has 1 fully saturated rings. The van der Waals surface area contributed by atoms with Crippen LogP contribution in [-0.2, 0) is 19.6 Å². The Kier molecular flexibility index (Phi) is 6.80. The highest BCUT2D eigenvalue weighted by Gasteiger charge is 2.26. The van der Waals surface area contributed by atoms with Crippen LogP contribution in [0, 0.1) is 0 Å². The van der Waals surface area contributed by atoms with Gasteiger partial charge < -0.3 is 15.4 Å². The zero-order chi connectivity index (χ0) is 24.3. The van der Waals surface area contributed by atoms with E-state index in [9.17, 15) is 13.2 Å². The Hall–Kier alpha value is -3.50. The van der Waals surface area contributed by atoms with Gasteiger partial charge >= 0.3 is 0 Å². The van der Waals surface area contributed by atoms with Crippen LogP contribution < -0.4 is 5.73 Å². The van der Waals surface area contributed by atoms with Crippen LogP contribution in [0.2, 0.25) is 0 Å². The van der Waals surface area contributed by atoms with Gasteiger partial charge in [0.1, 0.15) is 6.34 Å². The van der Waals surface area contributed by atoms with E-state index in [1.54, 1.807) is 61.4 Å². The number of nitrogens with two attached hydrogens (primary N) is 1. The summed E-state index contributed by atoms with van der Waals surface area (Å²) in [4.78, 5) is 13.9. The first kappa shape index (κ1) is 23.7. The molecule has 0 radical (unpaired) electrons. The highest BCUT2D eigenvalue weighted by molar-refractivity contribution is 7.90. The Morgan fingerprint density at radius 3 is 2.65 bits per heavy atom. The van der Waals surface area contributed by atoms with Crippen molar-refractivity contribution in [1.29, 1.82) is 0 Å². The molecule has 0 saturated carbocycles. The van der Waals surface area contributed by atoms with Crippen molar-refractivity contribution in [2.75, 3.05) is 27.3 Å². The summed E-state index contributed by atoms with van der Waals surface area (Å²) in [6, 6.07) is 14.0. The zero-order valence-corrected chi connectivity index (χ0v) is 19.9. The van der Waals surface area contributed by atoms with Gasteiger partial charge in [0.25, 0.3) is 10.0 Å². The fourth-order valence-electron chi connectivity index (χ4n) is 3.96. The number of amides is 1. The van der Waals surface area contributed by atoms with Gasteiger partial charge in [-0.25, -0.2) is 0 Å². The molecule has 178 valence electrons. The number of primary amides is 1. The summed E-state index contributed by atoms with van der Waals surface area (Å²) >= 11 is 0. The standard InChI is InChI=1S/C24H27N5O4S/c1-28(2)16-27-34(31,32)22-12-18(23(24(25)30)17-6-4-3-5-7-17)8-9-21(22)19-13-26-29(14-19)20-10-11-33-15-20/h3-9,12-14,16,20,23H,10-11,15H2,1-2H3,(H2,25,30). The maximum atomic E-state index is 13.3. The molecule has 2 atom stereocenters. The maximum absolute atomic E-state index is 13.3. The number of hydrogen-bond acceptors (Lipinski definition) is 5. The van der Waals surface area contributed by atoms with Gasteiger partial charge in [0.15, 0.2) is 0 Å². The largest absolute Gasteiger partial charge is 0.379 e. The summed E-state index contributed by atoms with van der Waals surface area (Å²) in [6.07, 6.45) is 5.51. The van der Waals surface area contributed by atoms with Gasteiger partial charge in [-0.05, 0) is 23.6 Å². The quantitative estimate of drug-likeness (QED) is 0.390. The topological polar surface area (TPSA) is 120 Å². The van der Waals surface area contributed by atoms with E-state index in [0.29, 0.717) is 35.5 Å². The first-order valence-corrected chi connectivity index (χ1v) is 12.3. The second-order valence-corrected chi connectivity index (χ2v) is 9.99. The van der Waals surface area contributed by atoms with Gasteiger partial charge in [-0.3, -0.25) is 9.48 Å². The van der Waals surface area contributed by atoms with Crippen molar-refractivity contribution < 1.29 is 17.9 Å². The van der Waals surface area contributed by atoms with Gasteiger partial charge in [-0.15, -0.1) is 4.40 Å². The van der Waals surface area contributed by atoms with Crippen molar-refractivity contribution >= 4 is 22.3 Å². The molecule has 1 saturated heterocycles. The molecule has 3 aromatic rings. The number of rotatable bonds is 8. The summed E-state index contributed by atoms with van der Waals surface area (Å²) in [7, 11) is -0.728. The summed E-state index contributed by atoms with van der Waals surface area (Å²) < 4.78 is 37.6. The Labute approximate surface area is 198 Å². The number of carbonyl (C=O) groups is 1. The smallest absolute Gasteiger partial charge is 0.284 e. The normalized spacial score (nSPS) is 17.2. The van der Waals surface area contributed by atoms with E-state index in [-0.39, 0.29) is 10.9 Å². The van der Waals surface area contributed by atoms with Crippen molar-refractivity contribution in [1.82, 2.24) is 14.7 Å². The molecular weight excluding hydrogens is 454 g/mol. The first-order chi connectivity index (χ1) is 16.3. The molecule has 2 N–H and O–H groups in total.